The molecule has 1 saturated carbocycles. The molecule has 2 aliphatic carbocycles. The highest BCUT2D eigenvalue weighted by atomic mass is 16.5. The van der Waals surface area contributed by atoms with Crippen LogP contribution < -0.4 is 10.5 Å². The van der Waals surface area contributed by atoms with E-state index >= 15 is 0 Å². The number of hydrogen-bond acceptors (Lipinski definition) is 3. The van der Waals surface area contributed by atoms with Crippen molar-refractivity contribution >= 4 is 0 Å². The molecule has 0 bridgehead atoms. The van der Waals surface area contributed by atoms with Gasteiger partial charge in [0.25, 0.3) is 0 Å². The van der Waals surface area contributed by atoms with Gasteiger partial charge in [0.05, 0.1) is 13.2 Å². The molecule has 1 fully saturated rings. The molecule has 0 radical (unpaired) electrons. The Labute approximate surface area is 127 Å². The average molecular weight is 289 g/mol. The maximum Gasteiger partial charge on any atom is 0.119 e. The van der Waals surface area contributed by atoms with Crippen molar-refractivity contribution in [2.24, 2.45) is 17.1 Å². The third-order valence-electron chi connectivity index (χ3n) is 6.03. The minimum atomic E-state index is -0.405. The molecule has 21 heavy (non-hydrogen) atoms. The van der Waals surface area contributed by atoms with Crippen molar-refractivity contribution in [2.75, 3.05) is 13.7 Å². The van der Waals surface area contributed by atoms with Crippen LogP contribution in [0.2, 0.25) is 0 Å². The highest BCUT2D eigenvalue weighted by Gasteiger charge is 2.53. The van der Waals surface area contributed by atoms with Crippen molar-refractivity contribution in [2.45, 2.75) is 51.0 Å². The van der Waals surface area contributed by atoms with E-state index in [1.165, 1.54) is 18.4 Å². The van der Waals surface area contributed by atoms with Gasteiger partial charge in [-0.25, -0.2) is 0 Å². The van der Waals surface area contributed by atoms with Crippen molar-refractivity contribution < 1.29 is 9.84 Å². The Hall–Kier alpha value is -1.06. The van der Waals surface area contributed by atoms with E-state index < -0.39 is 6.10 Å². The molecule has 0 saturated heterocycles. The van der Waals surface area contributed by atoms with E-state index in [1.807, 2.05) is 12.1 Å². The molecule has 0 aliphatic heterocycles. The maximum absolute atomic E-state index is 10.7. The average Bonchev–Trinajstić information content (AvgIpc) is 2.48. The molecule has 0 aromatic heterocycles. The normalized spacial score (nSPS) is 34.0. The summed E-state index contributed by atoms with van der Waals surface area (Å²) < 4.78 is 5.33. The first-order valence-electron chi connectivity index (χ1n) is 8.01. The quantitative estimate of drug-likeness (QED) is 0.879. The van der Waals surface area contributed by atoms with Crippen molar-refractivity contribution in [3.05, 3.63) is 29.3 Å². The molecule has 3 rings (SSSR count). The van der Waals surface area contributed by atoms with Crippen LogP contribution >= 0.6 is 0 Å². The first kappa shape index (κ1) is 14.9. The Morgan fingerprint density at radius 2 is 2.10 bits per heavy atom. The SMILES string of the molecule is COc1ccc2c(c1)C(O)C[C@H]1C(C)(C)CCC[C@]21CN. The number of benzene rings is 1. The number of aliphatic hydroxyl groups is 1. The molecule has 3 atom stereocenters. The summed E-state index contributed by atoms with van der Waals surface area (Å²) in [6, 6.07) is 6.14. The Balaban J connectivity index is 2.17. The lowest BCUT2D eigenvalue weighted by atomic mass is 9.49. The summed E-state index contributed by atoms with van der Waals surface area (Å²) in [4.78, 5) is 0. The second-order valence-corrected chi connectivity index (χ2v) is 7.46. The van der Waals surface area contributed by atoms with Gasteiger partial charge in [-0.3, -0.25) is 0 Å². The van der Waals surface area contributed by atoms with Gasteiger partial charge in [0.15, 0.2) is 0 Å². The molecule has 1 unspecified atom stereocenters. The lowest BCUT2D eigenvalue weighted by molar-refractivity contribution is -0.0110. The highest BCUT2D eigenvalue weighted by Crippen LogP contribution is 2.59. The molecule has 0 spiro atoms. The van der Waals surface area contributed by atoms with Crippen LogP contribution in [0.15, 0.2) is 18.2 Å². The van der Waals surface area contributed by atoms with Gasteiger partial charge < -0.3 is 15.6 Å². The number of aliphatic hydroxyl groups excluding tert-OH is 1. The van der Waals surface area contributed by atoms with E-state index in [9.17, 15) is 5.11 Å². The number of methoxy groups -OCH3 is 1. The Kier molecular flexibility index (Phi) is 3.53. The largest absolute Gasteiger partial charge is 0.497 e. The first-order valence-corrected chi connectivity index (χ1v) is 8.01. The zero-order valence-electron chi connectivity index (χ0n) is 13.4. The first-order chi connectivity index (χ1) is 9.94. The summed E-state index contributed by atoms with van der Waals surface area (Å²) in [5, 5.41) is 10.7. The number of nitrogens with two attached hydrogens (primary N) is 1. The number of ether oxygens (including phenoxy) is 1. The third-order valence-corrected chi connectivity index (χ3v) is 6.03. The van der Waals surface area contributed by atoms with Gasteiger partial charge in [-0.15, -0.1) is 0 Å². The Morgan fingerprint density at radius 3 is 2.76 bits per heavy atom. The van der Waals surface area contributed by atoms with E-state index in [-0.39, 0.29) is 10.8 Å². The highest BCUT2D eigenvalue weighted by molar-refractivity contribution is 5.45. The summed E-state index contributed by atoms with van der Waals surface area (Å²) in [5.41, 5.74) is 8.81. The molecule has 3 N–H and O–H groups in total. The van der Waals surface area contributed by atoms with E-state index in [2.05, 4.69) is 19.9 Å². The number of fused-ring (bicyclic) bond motifs is 3. The van der Waals surface area contributed by atoms with Crippen LogP contribution in [0.5, 0.6) is 5.75 Å². The smallest absolute Gasteiger partial charge is 0.119 e. The zero-order chi connectivity index (χ0) is 15.3. The van der Waals surface area contributed by atoms with Crippen LogP contribution in [-0.2, 0) is 5.41 Å². The number of rotatable bonds is 2. The van der Waals surface area contributed by atoms with Crippen LogP contribution in [-0.4, -0.2) is 18.8 Å². The molecular formula is C18H27NO2. The predicted octanol–water partition coefficient (Wildman–Crippen LogP) is 3.16. The van der Waals surface area contributed by atoms with Crippen LogP contribution in [0, 0.1) is 11.3 Å². The van der Waals surface area contributed by atoms with Gasteiger partial charge in [-0.2, -0.15) is 0 Å². The molecule has 1 aromatic carbocycles. The predicted molar refractivity (Wildman–Crippen MR) is 84.4 cm³/mol. The molecule has 116 valence electrons. The van der Waals surface area contributed by atoms with Gasteiger partial charge in [0, 0.05) is 12.0 Å². The van der Waals surface area contributed by atoms with Crippen molar-refractivity contribution in [3.63, 3.8) is 0 Å². The van der Waals surface area contributed by atoms with E-state index in [4.69, 9.17) is 10.5 Å². The molecule has 1 aromatic rings. The second-order valence-electron chi connectivity index (χ2n) is 7.46. The summed E-state index contributed by atoms with van der Waals surface area (Å²) in [6.07, 6.45) is 3.96. The Morgan fingerprint density at radius 1 is 1.33 bits per heavy atom. The van der Waals surface area contributed by atoms with Gasteiger partial charge >= 0.3 is 0 Å². The lowest BCUT2D eigenvalue weighted by Crippen LogP contribution is -2.54. The van der Waals surface area contributed by atoms with Gasteiger partial charge in [0.1, 0.15) is 5.75 Å². The third kappa shape index (κ3) is 2.09. The molecule has 0 amide bonds. The summed E-state index contributed by atoms with van der Waals surface area (Å²) in [6.45, 7) is 5.33. The van der Waals surface area contributed by atoms with E-state index in [1.54, 1.807) is 7.11 Å². The summed E-state index contributed by atoms with van der Waals surface area (Å²) >= 11 is 0. The van der Waals surface area contributed by atoms with Gasteiger partial charge in [0.2, 0.25) is 0 Å². The Bertz CT molecular complexity index is 540. The van der Waals surface area contributed by atoms with Crippen LogP contribution in [0.1, 0.15) is 56.8 Å². The fourth-order valence-electron chi connectivity index (χ4n) is 4.92. The van der Waals surface area contributed by atoms with E-state index in [0.717, 1.165) is 24.2 Å². The van der Waals surface area contributed by atoms with Crippen LogP contribution in [0.3, 0.4) is 0 Å². The fourth-order valence-corrected chi connectivity index (χ4v) is 4.92. The van der Waals surface area contributed by atoms with Crippen molar-refractivity contribution in [3.8, 4) is 5.75 Å². The monoisotopic (exact) mass is 289 g/mol. The standard InChI is InChI=1S/C18H27NO2/c1-17(2)7-4-8-18(11-19)14-6-5-12(21-3)9-13(14)15(20)10-16(17)18/h5-6,9,15-16,20H,4,7-8,10-11,19H2,1-3H3/t15?,16-,18-/m0/s1. The summed E-state index contributed by atoms with van der Waals surface area (Å²) in [7, 11) is 1.67. The fraction of sp³-hybridized carbons (Fsp3) is 0.667. The summed E-state index contributed by atoms with van der Waals surface area (Å²) in [5.74, 6) is 1.26. The van der Waals surface area contributed by atoms with Crippen molar-refractivity contribution in [1.82, 2.24) is 0 Å². The number of hydrogen-bond donors (Lipinski definition) is 2. The van der Waals surface area contributed by atoms with E-state index in [0.29, 0.717) is 12.5 Å². The molecule has 0 heterocycles. The maximum atomic E-state index is 10.7. The van der Waals surface area contributed by atoms with Crippen molar-refractivity contribution in [1.29, 1.82) is 0 Å². The minimum absolute atomic E-state index is 0.0165. The molecular weight excluding hydrogens is 262 g/mol. The lowest BCUT2D eigenvalue weighted by Gasteiger charge is -2.56. The topological polar surface area (TPSA) is 55.5 Å². The van der Waals surface area contributed by atoms with Gasteiger partial charge in [-0.05, 0) is 53.9 Å². The molecule has 3 nitrogen and oxygen atoms in total. The molecule has 2 aliphatic rings. The second kappa shape index (κ2) is 4.99. The van der Waals surface area contributed by atoms with Gasteiger partial charge in [-0.1, -0.05) is 26.3 Å². The minimum Gasteiger partial charge on any atom is -0.497 e. The zero-order valence-corrected chi connectivity index (χ0v) is 13.4. The molecule has 3 heteroatoms. The van der Waals surface area contributed by atoms with Crippen LogP contribution in [0.25, 0.3) is 0 Å². The van der Waals surface area contributed by atoms with Crippen LogP contribution in [0.4, 0.5) is 0 Å².